The van der Waals surface area contributed by atoms with Crippen LogP contribution >= 0.6 is 12.2 Å². The van der Waals surface area contributed by atoms with Crippen LogP contribution in [0.2, 0.25) is 0 Å². The summed E-state index contributed by atoms with van der Waals surface area (Å²) in [5, 5.41) is 6.79. The van der Waals surface area contributed by atoms with Crippen LogP contribution in [0.5, 0.6) is 0 Å². The summed E-state index contributed by atoms with van der Waals surface area (Å²) in [5.74, 6) is 0.964. The Morgan fingerprint density at radius 1 is 1.29 bits per heavy atom. The van der Waals surface area contributed by atoms with Crippen LogP contribution in [0.25, 0.3) is 0 Å². The van der Waals surface area contributed by atoms with Crippen LogP contribution in [-0.4, -0.2) is 36.9 Å². The number of ether oxygens (including phenoxy) is 1. The van der Waals surface area contributed by atoms with Gasteiger partial charge in [-0.15, -0.1) is 0 Å². The lowest BCUT2D eigenvalue weighted by atomic mass is 10.0. The molecule has 0 spiro atoms. The van der Waals surface area contributed by atoms with Crippen molar-refractivity contribution >= 4 is 34.5 Å². The molecule has 0 aliphatic carbocycles. The first kappa shape index (κ1) is 16.7. The Labute approximate surface area is 148 Å². The van der Waals surface area contributed by atoms with E-state index in [9.17, 15) is 0 Å². The van der Waals surface area contributed by atoms with Crippen LogP contribution in [0.1, 0.15) is 12.0 Å². The molecule has 1 aromatic carbocycles. The van der Waals surface area contributed by atoms with Crippen LogP contribution in [0.4, 0.5) is 17.2 Å². The summed E-state index contributed by atoms with van der Waals surface area (Å²) < 4.78 is 4.99. The van der Waals surface area contributed by atoms with Crippen molar-refractivity contribution in [3.05, 3.63) is 48.2 Å². The number of para-hydroxylation sites is 1. The predicted octanol–water partition coefficient (Wildman–Crippen LogP) is 3.10. The minimum Gasteiger partial charge on any atom is -0.383 e. The topological polar surface area (TPSA) is 49.4 Å². The second-order valence-corrected chi connectivity index (χ2v) is 6.07. The van der Waals surface area contributed by atoms with Crippen molar-refractivity contribution in [3.63, 3.8) is 0 Å². The number of nitrogens with one attached hydrogen (secondary N) is 2. The zero-order valence-electron chi connectivity index (χ0n) is 13.8. The van der Waals surface area contributed by atoms with Gasteiger partial charge in [-0.3, -0.25) is 0 Å². The van der Waals surface area contributed by atoms with Crippen LogP contribution in [-0.2, 0) is 11.2 Å². The quantitative estimate of drug-likeness (QED) is 0.643. The number of methoxy groups -OCH3 is 1. The van der Waals surface area contributed by atoms with E-state index >= 15 is 0 Å². The molecule has 5 nitrogen and oxygen atoms in total. The van der Waals surface area contributed by atoms with Gasteiger partial charge < -0.3 is 20.3 Å². The summed E-state index contributed by atoms with van der Waals surface area (Å²) in [5.41, 5.74) is 3.52. The molecule has 2 heterocycles. The second kappa shape index (κ2) is 8.08. The Morgan fingerprint density at radius 2 is 2.17 bits per heavy atom. The number of hydrogen-bond acceptors (Lipinski definition) is 4. The lowest BCUT2D eigenvalue weighted by Crippen LogP contribution is -2.31. The zero-order valence-corrected chi connectivity index (χ0v) is 14.6. The van der Waals surface area contributed by atoms with Crippen molar-refractivity contribution in [1.29, 1.82) is 0 Å². The van der Waals surface area contributed by atoms with Gasteiger partial charge in [0.15, 0.2) is 5.11 Å². The number of pyridine rings is 1. The number of rotatable bonds is 5. The van der Waals surface area contributed by atoms with Gasteiger partial charge in [-0.05, 0) is 48.8 Å². The van der Waals surface area contributed by atoms with Crippen molar-refractivity contribution in [3.8, 4) is 0 Å². The normalized spacial score (nSPS) is 13.3. The molecule has 0 fully saturated rings. The number of aromatic nitrogens is 1. The number of anilines is 3. The first-order chi connectivity index (χ1) is 11.8. The van der Waals surface area contributed by atoms with E-state index in [-0.39, 0.29) is 0 Å². The number of benzene rings is 1. The van der Waals surface area contributed by atoms with Gasteiger partial charge in [-0.1, -0.05) is 18.2 Å². The van der Waals surface area contributed by atoms with Crippen molar-refractivity contribution in [2.24, 2.45) is 0 Å². The summed E-state index contributed by atoms with van der Waals surface area (Å²) in [6, 6.07) is 12.6. The molecule has 0 radical (unpaired) electrons. The van der Waals surface area contributed by atoms with Crippen molar-refractivity contribution in [2.45, 2.75) is 12.8 Å². The number of fused-ring (bicyclic) bond motifs is 1. The molecule has 0 amide bonds. The third-order valence-corrected chi connectivity index (χ3v) is 4.23. The molecular formula is C18H22N4OS. The van der Waals surface area contributed by atoms with Crippen molar-refractivity contribution in [2.75, 3.05) is 37.0 Å². The number of aryl methyl sites for hydroxylation is 1. The average Bonchev–Trinajstić information content (AvgIpc) is 2.62. The van der Waals surface area contributed by atoms with Gasteiger partial charge in [-0.2, -0.15) is 0 Å². The monoisotopic (exact) mass is 342 g/mol. The zero-order chi connectivity index (χ0) is 16.8. The maximum absolute atomic E-state index is 5.24. The molecule has 3 rings (SSSR count). The smallest absolute Gasteiger partial charge is 0.170 e. The summed E-state index contributed by atoms with van der Waals surface area (Å²) >= 11 is 5.24. The van der Waals surface area contributed by atoms with Gasteiger partial charge >= 0.3 is 0 Å². The van der Waals surface area contributed by atoms with Crippen LogP contribution < -0.4 is 15.5 Å². The Hall–Kier alpha value is -2.18. The van der Waals surface area contributed by atoms with Gasteiger partial charge in [0.05, 0.1) is 18.5 Å². The highest BCUT2D eigenvalue weighted by atomic mass is 32.1. The highest BCUT2D eigenvalue weighted by Gasteiger charge is 2.18. The minimum atomic E-state index is 0.574. The molecule has 0 unspecified atom stereocenters. The van der Waals surface area contributed by atoms with Crippen LogP contribution in [0.15, 0.2) is 42.6 Å². The highest BCUT2D eigenvalue weighted by Crippen LogP contribution is 2.32. The standard InChI is InChI=1S/C18H22N4OS/c1-23-12-10-19-18(24)21-15-8-9-17(20-13-15)22-11-4-6-14-5-2-3-7-16(14)22/h2-3,5,7-9,13H,4,6,10-12H2,1H3,(H2,19,21,24). The van der Waals surface area contributed by atoms with E-state index in [0.717, 1.165) is 30.9 Å². The summed E-state index contributed by atoms with van der Waals surface area (Å²) in [6.07, 6.45) is 4.09. The number of hydrogen-bond donors (Lipinski definition) is 2. The maximum Gasteiger partial charge on any atom is 0.170 e. The second-order valence-electron chi connectivity index (χ2n) is 5.66. The van der Waals surface area contributed by atoms with Crippen molar-refractivity contribution in [1.82, 2.24) is 10.3 Å². The SMILES string of the molecule is COCCNC(=S)Nc1ccc(N2CCCc3ccccc32)nc1. The first-order valence-electron chi connectivity index (χ1n) is 8.13. The van der Waals surface area contributed by atoms with Gasteiger partial charge in [0.2, 0.25) is 0 Å². The molecule has 126 valence electrons. The molecule has 2 N–H and O–H groups in total. The fraction of sp³-hybridized carbons (Fsp3) is 0.333. The largest absolute Gasteiger partial charge is 0.383 e. The lowest BCUT2D eigenvalue weighted by Gasteiger charge is -2.30. The van der Waals surface area contributed by atoms with Crippen LogP contribution in [0.3, 0.4) is 0 Å². The molecule has 1 aliphatic heterocycles. The molecule has 0 atom stereocenters. The van der Waals surface area contributed by atoms with E-state index in [1.54, 1.807) is 7.11 Å². The van der Waals surface area contributed by atoms with E-state index < -0.39 is 0 Å². The Morgan fingerprint density at radius 3 is 2.96 bits per heavy atom. The fourth-order valence-corrected chi connectivity index (χ4v) is 3.05. The Bertz CT molecular complexity index is 690. The molecule has 0 saturated heterocycles. The summed E-state index contributed by atoms with van der Waals surface area (Å²) in [7, 11) is 1.67. The highest BCUT2D eigenvalue weighted by molar-refractivity contribution is 7.80. The molecule has 1 aliphatic rings. The summed E-state index contributed by atoms with van der Waals surface area (Å²) in [4.78, 5) is 6.88. The molecular weight excluding hydrogens is 320 g/mol. The summed E-state index contributed by atoms with van der Waals surface area (Å²) in [6.45, 7) is 2.29. The van der Waals surface area contributed by atoms with E-state index in [4.69, 9.17) is 17.0 Å². The minimum absolute atomic E-state index is 0.574. The van der Waals surface area contributed by atoms with Crippen molar-refractivity contribution < 1.29 is 4.74 Å². The van der Waals surface area contributed by atoms with E-state index in [2.05, 4.69) is 44.8 Å². The predicted molar refractivity (Wildman–Crippen MR) is 102 cm³/mol. The third kappa shape index (κ3) is 4.01. The van der Waals surface area contributed by atoms with Gasteiger partial charge in [0.25, 0.3) is 0 Å². The van der Waals surface area contributed by atoms with E-state index in [0.29, 0.717) is 18.3 Å². The number of nitrogens with zero attached hydrogens (tertiary/aromatic N) is 2. The molecule has 6 heteroatoms. The molecule has 2 aromatic rings. The molecule has 0 saturated carbocycles. The number of thiocarbonyl (C=S) groups is 1. The van der Waals surface area contributed by atoms with E-state index in [1.165, 1.54) is 11.3 Å². The van der Waals surface area contributed by atoms with E-state index in [1.807, 2.05) is 18.3 Å². The molecule has 24 heavy (non-hydrogen) atoms. The first-order valence-corrected chi connectivity index (χ1v) is 8.54. The van der Waals surface area contributed by atoms with Gasteiger partial charge in [-0.25, -0.2) is 4.98 Å². The van der Waals surface area contributed by atoms with Gasteiger partial charge in [0.1, 0.15) is 5.82 Å². The average molecular weight is 342 g/mol. The Balaban J connectivity index is 1.66. The fourth-order valence-electron chi connectivity index (χ4n) is 2.83. The van der Waals surface area contributed by atoms with Gasteiger partial charge in [0, 0.05) is 25.9 Å². The maximum atomic E-state index is 5.24. The molecule has 1 aromatic heterocycles. The third-order valence-electron chi connectivity index (χ3n) is 3.98. The Kier molecular flexibility index (Phi) is 5.61. The molecule has 0 bridgehead atoms. The lowest BCUT2D eigenvalue weighted by molar-refractivity contribution is 0.204. The van der Waals surface area contributed by atoms with Crippen LogP contribution in [0, 0.1) is 0 Å².